The fourth-order valence-corrected chi connectivity index (χ4v) is 2.87. The molecule has 1 saturated carbocycles. The van der Waals surface area contributed by atoms with E-state index in [0.717, 1.165) is 17.8 Å². The van der Waals surface area contributed by atoms with Gasteiger partial charge in [0, 0.05) is 23.8 Å². The lowest BCUT2D eigenvalue weighted by atomic mass is 10.2. The Morgan fingerprint density at radius 2 is 2.31 bits per heavy atom. The molecule has 5 heteroatoms. The predicted octanol–water partition coefficient (Wildman–Crippen LogP) is 2.07. The first-order chi connectivity index (χ1) is 7.83. The third-order valence-electron chi connectivity index (χ3n) is 3.02. The van der Waals surface area contributed by atoms with Crippen LogP contribution in [-0.4, -0.2) is 21.3 Å². The van der Waals surface area contributed by atoms with Crippen LogP contribution in [0.1, 0.15) is 36.2 Å². The van der Waals surface area contributed by atoms with Gasteiger partial charge in [-0.3, -0.25) is 9.20 Å². The van der Waals surface area contributed by atoms with Gasteiger partial charge >= 0.3 is 0 Å². The molecule has 84 valence electrons. The Labute approximate surface area is 97.3 Å². The molecular formula is C11H13N3OS. The highest BCUT2D eigenvalue weighted by molar-refractivity contribution is 7.15. The lowest BCUT2D eigenvalue weighted by Crippen LogP contribution is -2.32. The third-order valence-corrected chi connectivity index (χ3v) is 3.79. The van der Waals surface area contributed by atoms with Gasteiger partial charge in [-0.1, -0.05) is 12.8 Å². The minimum absolute atomic E-state index is 0.0391. The molecule has 0 spiro atoms. The van der Waals surface area contributed by atoms with Gasteiger partial charge in [0.15, 0.2) is 4.96 Å². The van der Waals surface area contributed by atoms with Crippen molar-refractivity contribution < 1.29 is 4.79 Å². The summed E-state index contributed by atoms with van der Waals surface area (Å²) in [5.74, 6) is -0.0391. The van der Waals surface area contributed by atoms with Gasteiger partial charge in [-0.2, -0.15) is 0 Å². The second kappa shape index (κ2) is 3.90. The molecule has 3 rings (SSSR count). The summed E-state index contributed by atoms with van der Waals surface area (Å²) in [6.45, 7) is 0. The van der Waals surface area contributed by atoms with Gasteiger partial charge in [-0.05, 0) is 12.8 Å². The first-order valence-corrected chi connectivity index (χ1v) is 6.44. The van der Waals surface area contributed by atoms with E-state index in [1.807, 2.05) is 16.0 Å². The van der Waals surface area contributed by atoms with E-state index in [2.05, 4.69) is 10.3 Å². The van der Waals surface area contributed by atoms with Crippen molar-refractivity contribution in [1.29, 1.82) is 0 Å². The van der Waals surface area contributed by atoms with Gasteiger partial charge in [-0.15, -0.1) is 11.3 Å². The standard InChI is InChI=1S/C11H13N3OS/c15-10(12-8-3-1-2-4-8)9-7-14-5-6-16-11(14)13-9/h5-8H,1-4H2,(H,12,15). The van der Waals surface area contributed by atoms with E-state index in [1.165, 1.54) is 12.8 Å². The zero-order valence-corrected chi connectivity index (χ0v) is 9.67. The molecule has 0 aromatic carbocycles. The number of aromatic nitrogens is 2. The molecule has 0 unspecified atom stereocenters. The maximum Gasteiger partial charge on any atom is 0.271 e. The Balaban J connectivity index is 1.76. The summed E-state index contributed by atoms with van der Waals surface area (Å²) in [5, 5.41) is 5.00. The van der Waals surface area contributed by atoms with Crippen molar-refractivity contribution >= 4 is 22.2 Å². The minimum atomic E-state index is -0.0391. The van der Waals surface area contributed by atoms with E-state index in [9.17, 15) is 4.79 Å². The van der Waals surface area contributed by atoms with Crippen LogP contribution in [0.3, 0.4) is 0 Å². The number of amides is 1. The van der Waals surface area contributed by atoms with Crippen LogP contribution in [0.2, 0.25) is 0 Å². The largest absolute Gasteiger partial charge is 0.348 e. The summed E-state index contributed by atoms with van der Waals surface area (Å²) < 4.78 is 1.88. The fraction of sp³-hybridized carbons (Fsp3) is 0.455. The monoisotopic (exact) mass is 235 g/mol. The van der Waals surface area contributed by atoms with E-state index < -0.39 is 0 Å². The number of hydrogen-bond donors (Lipinski definition) is 1. The normalized spacial score (nSPS) is 17.0. The number of nitrogens with zero attached hydrogens (tertiary/aromatic N) is 2. The van der Waals surface area contributed by atoms with Gasteiger partial charge in [0.1, 0.15) is 5.69 Å². The summed E-state index contributed by atoms with van der Waals surface area (Å²) in [4.78, 5) is 17.0. The number of thiazole rings is 1. The zero-order chi connectivity index (χ0) is 11.0. The molecule has 2 aromatic heterocycles. The molecule has 1 aliphatic rings. The molecule has 1 amide bonds. The van der Waals surface area contributed by atoms with E-state index in [4.69, 9.17) is 0 Å². The Bertz CT molecular complexity index is 482. The van der Waals surface area contributed by atoms with E-state index >= 15 is 0 Å². The number of hydrogen-bond acceptors (Lipinski definition) is 3. The predicted molar refractivity (Wildman–Crippen MR) is 62.8 cm³/mol. The van der Waals surface area contributed by atoms with Crippen LogP contribution in [0.5, 0.6) is 0 Å². The van der Waals surface area contributed by atoms with Gasteiger partial charge in [0.05, 0.1) is 0 Å². The molecule has 1 aliphatic carbocycles. The number of carbonyl (C=O) groups excluding carboxylic acids is 1. The smallest absolute Gasteiger partial charge is 0.271 e. The molecule has 0 aliphatic heterocycles. The molecule has 0 radical (unpaired) electrons. The van der Waals surface area contributed by atoms with Gasteiger partial charge in [0.2, 0.25) is 0 Å². The molecule has 0 bridgehead atoms. The molecule has 2 heterocycles. The Morgan fingerprint density at radius 3 is 3.06 bits per heavy atom. The molecule has 16 heavy (non-hydrogen) atoms. The van der Waals surface area contributed by atoms with E-state index in [0.29, 0.717) is 11.7 Å². The van der Waals surface area contributed by atoms with Crippen LogP contribution in [-0.2, 0) is 0 Å². The van der Waals surface area contributed by atoms with Crippen LogP contribution >= 0.6 is 11.3 Å². The Kier molecular flexibility index (Phi) is 2.40. The van der Waals surface area contributed by atoms with Crippen molar-refractivity contribution in [3.8, 4) is 0 Å². The van der Waals surface area contributed by atoms with Crippen molar-refractivity contribution in [3.05, 3.63) is 23.5 Å². The quantitative estimate of drug-likeness (QED) is 0.866. The molecule has 0 atom stereocenters. The molecule has 2 aromatic rings. The van der Waals surface area contributed by atoms with Crippen molar-refractivity contribution in [2.75, 3.05) is 0 Å². The molecule has 1 fully saturated rings. The summed E-state index contributed by atoms with van der Waals surface area (Å²) in [7, 11) is 0. The average molecular weight is 235 g/mol. The zero-order valence-electron chi connectivity index (χ0n) is 8.85. The van der Waals surface area contributed by atoms with Crippen molar-refractivity contribution in [2.45, 2.75) is 31.7 Å². The Hall–Kier alpha value is -1.36. The molecule has 4 nitrogen and oxygen atoms in total. The molecular weight excluding hydrogens is 222 g/mol. The third kappa shape index (κ3) is 1.71. The van der Waals surface area contributed by atoms with Gasteiger partial charge in [0.25, 0.3) is 5.91 Å². The van der Waals surface area contributed by atoms with Crippen LogP contribution in [0.15, 0.2) is 17.8 Å². The van der Waals surface area contributed by atoms with Crippen molar-refractivity contribution in [2.24, 2.45) is 0 Å². The summed E-state index contributed by atoms with van der Waals surface area (Å²) >= 11 is 1.54. The van der Waals surface area contributed by atoms with E-state index in [1.54, 1.807) is 17.5 Å². The summed E-state index contributed by atoms with van der Waals surface area (Å²) in [6, 6.07) is 0.354. The van der Waals surface area contributed by atoms with Crippen LogP contribution in [0, 0.1) is 0 Å². The van der Waals surface area contributed by atoms with Gasteiger partial charge < -0.3 is 5.32 Å². The lowest BCUT2D eigenvalue weighted by Gasteiger charge is -2.09. The van der Waals surface area contributed by atoms with Crippen molar-refractivity contribution in [3.63, 3.8) is 0 Å². The summed E-state index contributed by atoms with van der Waals surface area (Å²) in [5.41, 5.74) is 0.527. The summed E-state index contributed by atoms with van der Waals surface area (Å²) in [6.07, 6.45) is 8.36. The maximum atomic E-state index is 11.9. The second-order valence-electron chi connectivity index (χ2n) is 4.17. The van der Waals surface area contributed by atoms with Gasteiger partial charge in [-0.25, -0.2) is 4.98 Å². The average Bonchev–Trinajstić information content (AvgIpc) is 2.91. The SMILES string of the molecule is O=C(NC1CCCC1)c1cn2ccsc2n1. The van der Waals surface area contributed by atoms with Crippen LogP contribution < -0.4 is 5.32 Å². The molecule has 0 saturated heterocycles. The number of fused-ring (bicyclic) bond motifs is 1. The highest BCUT2D eigenvalue weighted by atomic mass is 32.1. The van der Waals surface area contributed by atoms with Crippen LogP contribution in [0.4, 0.5) is 0 Å². The number of rotatable bonds is 2. The second-order valence-corrected chi connectivity index (χ2v) is 5.05. The topological polar surface area (TPSA) is 46.4 Å². The highest BCUT2D eigenvalue weighted by Crippen LogP contribution is 2.18. The lowest BCUT2D eigenvalue weighted by molar-refractivity contribution is 0.0933. The first-order valence-electron chi connectivity index (χ1n) is 5.56. The van der Waals surface area contributed by atoms with E-state index in [-0.39, 0.29) is 5.91 Å². The first kappa shape index (κ1) is 9.84. The maximum absolute atomic E-state index is 11.9. The number of imidazole rings is 1. The minimum Gasteiger partial charge on any atom is -0.348 e. The highest BCUT2D eigenvalue weighted by Gasteiger charge is 2.19. The fourth-order valence-electron chi connectivity index (χ4n) is 2.17. The molecule has 1 N–H and O–H groups in total. The number of nitrogens with one attached hydrogen (secondary N) is 1. The Morgan fingerprint density at radius 1 is 1.50 bits per heavy atom. The van der Waals surface area contributed by atoms with Crippen molar-refractivity contribution in [1.82, 2.24) is 14.7 Å². The number of carbonyl (C=O) groups is 1. The van der Waals surface area contributed by atoms with Crippen LogP contribution in [0.25, 0.3) is 4.96 Å².